The Balaban J connectivity index is 2.51. The molecular weight excluding hydrogens is 355 g/mol. The first-order valence-electron chi connectivity index (χ1n) is 7.68. The number of para-hydroxylation sites is 2. The summed E-state index contributed by atoms with van der Waals surface area (Å²) in [5, 5.41) is 0. The average molecular weight is 373 g/mol. The minimum atomic E-state index is -4.98. The lowest BCUT2D eigenvalue weighted by Gasteiger charge is -2.25. The number of halogens is 3. The van der Waals surface area contributed by atoms with Gasteiger partial charge in [-0.2, -0.15) is 0 Å². The highest BCUT2D eigenvalue weighted by molar-refractivity contribution is 7.93. The van der Waals surface area contributed by atoms with E-state index >= 15 is 0 Å². The molecule has 2 aromatic rings. The van der Waals surface area contributed by atoms with Crippen LogP contribution in [0, 0.1) is 0 Å². The molecule has 0 N–H and O–H groups in total. The van der Waals surface area contributed by atoms with Gasteiger partial charge in [0.2, 0.25) is 0 Å². The van der Waals surface area contributed by atoms with Crippen LogP contribution in [-0.2, 0) is 10.0 Å². The second kappa shape index (κ2) is 7.77. The van der Waals surface area contributed by atoms with Gasteiger partial charge in [0.1, 0.15) is 10.6 Å². The Hall–Kier alpha value is -2.22. The van der Waals surface area contributed by atoms with Gasteiger partial charge in [0, 0.05) is 6.54 Å². The van der Waals surface area contributed by atoms with E-state index in [1.54, 1.807) is 30.3 Å². The fraction of sp³-hybridized carbons (Fsp3) is 0.294. The summed E-state index contributed by atoms with van der Waals surface area (Å²) in [5.74, 6) is -0.743. The second-order valence-corrected chi connectivity index (χ2v) is 7.09. The maximum absolute atomic E-state index is 13.0. The summed E-state index contributed by atoms with van der Waals surface area (Å²) in [4.78, 5) is -0.521. The zero-order valence-electron chi connectivity index (χ0n) is 13.5. The van der Waals surface area contributed by atoms with Gasteiger partial charge in [-0.1, -0.05) is 43.7 Å². The fourth-order valence-corrected chi connectivity index (χ4v) is 3.90. The van der Waals surface area contributed by atoms with Gasteiger partial charge in [-0.05, 0) is 30.7 Å². The Morgan fingerprint density at radius 3 is 2.20 bits per heavy atom. The Kier molecular flexibility index (Phi) is 5.94. The summed E-state index contributed by atoms with van der Waals surface area (Å²) < 4.78 is 68.9. The van der Waals surface area contributed by atoms with Crippen LogP contribution >= 0.6 is 0 Å². The van der Waals surface area contributed by atoms with Crippen molar-refractivity contribution in [2.45, 2.75) is 31.0 Å². The molecule has 8 heteroatoms. The number of ether oxygens (including phenoxy) is 1. The molecule has 0 aliphatic rings. The molecule has 0 radical (unpaired) electrons. The average Bonchev–Trinajstić information content (AvgIpc) is 2.55. The topological polar surface area (TPSA) is 46.6 Å². The van der Waals surface area contributed by atoms with Crippen LogP contribution in [0.1, 0.15) is 19.8 Å². The normalized spacial score (nSPS) is 12.0. The fourth-order valence-electron chi connectivity index (χ4n) is 2.28. The standard InChI is InChI=1S/C17H18F3NO3S/c1-2-3-13-21(14-9-5-4-6-10-14)25(22,23)16-12-8-7-11-15(16)24-17(18,19)20/h4-12H,2-3,13H2,1H3. The zero-order valence-corrected chi connectivity index (χ0v) is 14.3. The summed E-state index contributed by atoms with van der Waals surface area (Å²) in [7, 11) is -4.22. The minimum Gasteiger partial charge on any atom is -0.404 e. The number of anilines is 1. The van der Waals surface area contributed by atoms with E-state index in [-0.39, 0.29) is 6.54 Å². The number of nitrogens with zero attached hydrogens (tertiary/aromatic N) is 1. The van der Waals surface area contributed by atoms with E-state index in [1.807, 2.05) is 6.92 Å². The molecule has 0 spiro atoms. The number of unbranched alkanes of at least 4 members (excludes halogenated alkanes) is 1. The van der Waals surface area contributed by atoms with Gasteiger partial charge in [0.25, 0.3) is 10.0 Å². The summed E-state index contributed by atoms with van der Waals surface area (Å²) in [6.07, 6.45) is -3.68. The zero-order chi connectivity index (χ0) is 18.5. The number of alkyl halides is 3. The molecule has 136 valence electrons. The molecule has 0 aliphatic heterocycles. The molecule has 0 aliphatic carbocycles. The van der Waals surface area contributed by atoms with E-state index in [2.05, 4.69) is 4.74 Å². The van der Waals surface area contributed by atoms with E-state index in [1.165, 1.54) is 12.1 Å². The van der Waals surface area contributed by atoms with Crippen molar-refractivity contribution in [3.8, 4) is 5.75 Å². The number of rotatable bonds is 7. The smallest absolute Gasteiger partial charge is 0.404 e. The van der Waals surface area contributed by atoms with Crippen LogP contribution < -0.4 is 9.04 Å². The van der Waals surface area contributed by atoms with Crippen molar-refractivity contribution in [1.29, 1.82) is 0 Å². The molecule has 25 heavy (non-hydrogen) atoms. The Bertz CT molecular complexity index is 792. The number of benzene rings is 2. The highest BCUT2D eigenvalue weighted by atomic mass is 32.2. The molecule has 2 aromatic carbocycles. The van der Waals surface area contributed by atoms with Gasteiger partial charge >= 0.3 is 6.36 Å². The first-order valence-corrected chi connectivity index (χ1v) is 9.12. The van der Waals surface area contributed by atoms with E-state index in [0.717, 1.165) is 22.9 Å². The van der Waals surface area contributed by atoms with Gasteiger partial charge < -0.3 is 4.74 Å². The predicted molar refractivity (Wildman–Crippen MR) is 89.0 cm³/mol. The van der Waals surface area contributed by atoms with Crippen LogP contribution in [-0.4, -0.2) is 21.3 Å². The van der Waals surface area contributed by atoms with Crippen molar-refractivity contribution < 1.29 is 26.3 Å². The van der Waals surface area contributed by atoms with Gasteiger partial charge in [0.05, 0.1) is 5.69 Å². The third-order valence-electron chi connectivity index (χ3n) is 3.40. The van der Waals surface area contributed by atoms with E-state index in [9.17, 15) is 21.6 Å². The molecule has 0 fully saturated rings. The lowest BCUT2D eigenvalue weighted by Crippen LogP contribution is -2.32. The van der Waals surface area contributed by atoms with Gasteiger partial charge in [-0.25, -0.2) is 8.42 Å². The van der Waals surface area contributed by atoms with Crippen molar-refractivity contribution in [1.82, 2.24) is 0 Å². The molecule has 2 rings (SSSR count). The minimum absolute atomic E-state index is 0.156. The molecule has 0 atom stereocenters. The summed E-state index contributed by atoms with van der Waals surface area (Å²) in [6.45, 7) is 2.06. The van der Waals surface area contributed by atoms with E-state index in [4.69, 9.17) is 0 Å². The van der Waals surface area contributed by atoms with Crippen molar-refractivity contribution in [2.24, 2.45) is 0 Å². The Labute approximate surface area is 144 Å². The molecule has 0 unspecified atom stereocenters. The number of hydrogen-bond donors (Lipinski definition) is 0. The quantitative estimate of drug-likeness (QED) is 0.714. The Morgan fingerprint density at radius 2 is 1.60 bits per heavy atom. The van der Waals surface area contributed by atoms with Crippen LogP contribution in [0.4, 0.5) is 18.9 Å². The number of sulfonamides is 1. The molecule has 0 bridgehead atoms. The van der Waals surface area contributed by atoms with Crippen LogP contribution in [0.3, 0.4) is 0 Å². The van der Waals surface area contributed by atoms with Crippen LogP contribution in [0.2, 0.25) is 0 Å². The largest absolute Gasteiger partial charge is 0.573 e. The van der Waals surface area contributed by atoms with Crippen molar-refractivity contribution in [3.63, 3.8) is 0 Å². The van der Waals surface area contributed by atoms with Crippen molar-refractivity contribution in [3.05, 3.63) is 54.6 Å². The third-order valence-corrected chi connectivity index (χ3v) is 5.27. The second-order valence-electron chi connectivity index (χ2n) is 5.26. The SMILES string of the molecule is CCCCN(c1ccccc1)S(=O)(=O)c1ccccc1OC(F)(F)F. The van der Waals surface area contributed by atoms with E-state index < -0.39 is 27.0 Å². The molecule has 0 aromatic heterocycles. The Morgan fingerprint density at radius 1 is 1.00 bits per heavy atom. The first-order chi connectivity index (χ1) is 11.8. The monoisotopic (exact) mass is 373 g/mol. The van der Waals surface area contributed by atoms with Crippen LogP contribution in [0.25, 0.3) is 0 Å². The predicted octanol–water partition coefficient (Wildman–Crippen LogP) is 4.58. The highest BCUT2D eigenvalue weighted by Crippen LogP contribution is 2.33. The molecule has 0 saturated heterocycles. The number of hydrogen-bond acceptors (Lipinski definition) is 3. The molecule has 0 amide bonds. The third kappa shape index (κ3) is 4.88. The lowest BCUT2D eigenvalue weighted by molar-refractivity contribution is -0.275. The molecular formula is C17H18F3NO3S. The van der Waals surface area contributed by atoms with Gasteiger partial charge in [0.15, 0.2) is 0 Å². The van der Waals surface area contributed by atoms with E-state index in [0.29, 0.717) is 12.1 Å². The first kappa shape index (κ1) is 19.1. The van der Waals surface area contributed by atoms with Gasteiger partial charge in [-0.3, -0.25) is 4.31 Å². The maximum atomic E-state index is 13.0. The highest BCUT2D eigenvalue weighted by Gasteiger charge is 2.35. The lowest BCUT2D eigenvalue weighted by atomic mass is 10.3. The molecule has 4 nitrogen and oxygen atoms in total. The molecule has 0 saturated carbocycles. The van der Waals surface area contributed by atoms with Crippen LogP contribution in [0.15, 0.2) is 59.5 Å². The summed E-state index contributed by atoms with van der Waals surface area (Å²) in [5.41, 5.74) is 0.387. The van der Waals surface area contributed by atoms with Crippen molar-refractivity contribution >= 4 is 15.7 Å². The maximum Gasteiger partial charge on any atom is 0.573 e. The summed E-state index contributed by atoms with van der Waals surface area (Å²) >= 11 is 0. The van der Waals surface area contributed by atoms with Gasteiger partial charge in [-0.15, -0.1) is 13.2 Å². The van der Waals surface area contributed by atoms with Crippen molar-refractivity contribution in [2.75, 3.05) is 10.8 Å². The summed E-state index contributed by atoms with van der Waals surface area (Å²) in [6, 6.07) is 13.0. The molecule has 0 heterocycles. The van der Waals surface area contributed by atoms with Crippen LogP contribution in [0.5, 0.6) is 5.75 Å².